The van der Waals surface area contributed by atoms with Gasteiger partial charge in [0.1, 0.15) is 0 Å². The molecule has 0 saturated heterocycles. The van der Waals surface area contributed by atoms with Gasteiger partial charge in [-0.2, -0.15) is 72.8 Å². The van der Waals surface area contributed by atoms with Crippen LogP contribution >= 0.6 is 0 Å². The Morgan fingerprint density at radius 2 is 0.630 bits per heavy atom. The topological polar surface area (TPSA) is 25.8 Å². The van der Waals surface area contributed by atoms with Gasteiger partial charge in [0.05, 0.1) is 0 Å². The zero-order valence-electron chi connectivity index (χ0n) is 14.7. The molecule has 0 aliphatic heterocycles. The van der Waals surface area contributed by atoms with E-state index >= 15 is 0 Å². The van der Waals surface area contributed by atoms with E-state index in [-0.39, 0.29) is 48.7 Å². The van der Waals surface area contributed by atoms with Crippen molar-refractivity contribution in [2.75, 3.05) is 0 Å². The second kappa shape index (κ2) is 26.3. The van der Waals surface area contributed by atoms with Crippen molar-refractivity contribution >= 4 is 23.9 Å². The fourth-order valence-corrected chi connectivity index (χ4v) is 1.31. The van der Waals surface area contributed by atoms with E-state index in [0.29, 0.717) is 0 Å². The number of hydrogen-bond donors (Lipinski definition) is 0. The number of rotatable bonds is 0. The first-order valence-electron chi connectivity index (χ1n) is 7.52. The minimum absolute atomic E-state index is 0. The smallest absolute Gasteiger partial charge is 1.00 e. The van der Waals surface area contributed by atoms with E-state index in [1.807, 2.05) is 97.1 Å². The second-order valence-corrected chi connectivity index (χ2v) is 4.20. The number of pyridine rings is 2. The molecule has 0 aliphatic carbocycles. The summed E-state index contributed by atoms with van der Waals surface area (Å²) in [5.74, 6) is 0. The number of hydrogen-bond acceptors (Lipinski definition) is 2. The second-order valence-electron chi connectivity index (χ2n) is 4.20. The summed E-state index contributed by atoms with van der Waals surface area (Å²) in [5, 5.41) is 0. The van der Waals surface area contributed by atoms with Gasteiger partial charge < -0.3 is 24.8 Å². The van der Waals surface area contributed by atoms with Crippen molar-refractivity contribution in [2.45, 2.75) is 0 Å². The van der Waals surface area contributed by atoms with Crippen molar-refractivity contribution in [3.63, 3.8) is 0 Å². The molecule has 4 rings (SSSR count). The van der Waals surface area contributed by atoms with E-state index in [4.69, 9.17) is 0 Å². The van der Waals surface area contributed by atoms with Crippen LogP contribution in [0.5, 0.6) is 0 Å². The molecule has 2 aromatic heterocycles. The van der Waals surface area contributed by atoms with Gasteiger partial charge in [-0.1, -0.05) is 12.1 Å². The van der Waals surface area contributed by atoms with E-state index in [1.165, 1.54) is 0 Å². The third-order valence-corrected chi connectivity index (χ3v) is 2.35. The van der Waals surface area contributed by atoms with Crippen LogP contribution in [0.25, 0.3) is 0 Å². The maximum atomic E-state index is 3.78. The third-order valence-electron chi connectivity index (χ3n) is 2.35. The van der Waals surface area contributed by atoms with Gasteiger partial charge in [-0.3, -0.25) is 9.97 Å². The zero-order valence-corrected chi connectivity index (χ0v) is 19.1. The maximum Gasteiger partial charge on any atom is 4.00 e. The molecule has 2 aromatic carbocycles. The third kappa shape index (κ3) is 24.1. The maximum absolute atomic E-state index is 3.78. The molecule has 0 unspecified atom stereocenters. The summed E-state index contributed by atoms with van der Waals surface area (Å²) in [6.45, 7) is 0. The summed E-state index contributed by atoms with van der Waals surface area (Å²) in [5.41, 5.74) is 0. The minimum atomic E-state index is 0. The minimum Gasteiger partial charge on any atom is -1.00 e. The van der Waals surface area contributed by atoms with E-state index in [1.54, 1.807) is 24.8 Å². The number of benzene rings is 2. The Labute approximate surface area is 191 Å². The van der Waals surface area contributed by atoms with Crippen LogP contribution < -0.4 is 24.8 Å². The van der Waals surface area contributed by atoms with Crippen molar-refractivity contribution in [3.05, 3.63) is 134 Å². The first kappa shape index (κ1) is 29.9. The van der Waals surface area contributed by atoms with Crippen LogP contribution in [-0.4, -0.2) is 33.9 Å². The van der Waals surface area contributed by atoms with Crippen LogP contribution in [0.15, 0.2) is 122 Å². The fraction of sp³-hybridized carbons (Fsp3) is 0. The Morgan fingerprint density at radius 3 is 0.704 bits per heavy atom. The van der Waals surface area contributed by atoms with E-state index in [2.05, 4.69) is 22.1 Å². The van der Waals surface area contributed by atoms with Crippen molar-refractivity contribution in [1.82, 2.24) is 9.97 Å². The molecule has 4 aromatic rings. The predicted octanol–water partition coefficient (Wildman–Crippen LogP) is -1.24. The molecule has 0 aliphatic rings. The SMILES string of the molecule is [Cl-].[Cl-].[Sn+4].[c-]1ccccc1.[c-]1ccccc1.c1ccncc1.c1ccncc1. The average molecular weight is 502 g/mol. The van der Waals surface area contributed by atoms with Gasteiger partial charge in [0.25, 0.3) is 0 Å². The molecule has 0 spiro atoms. The van der Waals surface area contributed by atoms with Crippen molar-refractivity contribution < 1.29 is 24.8 Å². The fourth-order valence-electron chi connectivity index (χ4n) is 1.31. The molecule has 0 bridgehead atoms. The van der Waals surface area contributed by atoms with Crippen LogP contribution in [0.3, 0.4) is 0 Å². The Balaban J connectivity index is -0.000000274. The number of aromatic nitrogens is 2. The van der Waals surface area contributed by atoms with Crippen molar-refractivity contribution in [3.8, 4) is 0 Å². The molecule has 2 nitrogen and oxygen atoms in total. The van der Waals surface area contributed by atoms with Crippen LogP contribution in [0.4, 0.5) is 0 Å². The Morgan fingerprint density at radius 1 is 0.370 bits per heavy atom. The van der Waals surface area contributed by atoms with Gasteiger partial charge in [-0.15, -0.1) is 0 Å². The molecule has 27 heavy (non-hydrogen) atoms. The standard InChI is InChI=1S/2C6H5.2C5H5N.2ClH.Sn/c4*1-2-4-6-5-3-1;;;/h4*1-5H;2*1H;/q2*-1;;;;;+4/p-2. The van der Waals surface area contributed by atoms with Gasteiger partial charge in [0.15, 0.2) is 0 Å². The van der Waals surface area contributed by atoms with Gasteiger partial charge in [0.2, 0.25) is 0 Å². The zero-order chi connectivity index (χ0) is 17.0. The van der Waals surface area contributed by atoms with Crippen LogP contribution in [0.1, 0.15) is 0 Å². The molecule has 0 atom stereocenters. The van der Waals surface area contributed by atoms with Crippen LogP contribution in [0.2, 0.25) is 0 Å². The largest absolute Gasteiger partial charge is 4.00 e. The van der Waals surface area contributed by atoms with Gasteiger partial charge in [-0.05, 0) is 24.3 Å². The molecule has 0 saturated carbocycles. The number of halogens is 2. The summed E-state index contributed by atoms with van der Waals surface area (Å²) >= 11 is 0. The van der Waals surface area contributed by atoms with E-state index < -0.39 is 0 Å². The first-order chi connectivity index (χ1) is 12.0. The van der Waals surface area contributed by atoms with Gasteiger partial charge in [-0.25, -0.2) is 0 Å². The first-order valence-corrected chi connectivity index (χ1v) is 7.52. The summed E-state index contributed by atoms with van der Waals surface area (Å²) in [6, 6.07) is 36.4. The Hall–Kier alpha value is -1.88. The van der Waals surface area contributed by atoms with Crippen molar-refractivity contribution in [1.29, 1.82) is 0 Å². The summed E-state index contributed by atoms with van der Waals surface area (Å²) in [6.07, 6.45) is 7.00. The molecular weight excluding hydrogens is 482 g/mol. The summed E-state index contributed by atoms with van der Waals surface area (Å²) < 4.78 is 0. The molecule has 0 amide bonds. The Kier molecular flexibility index (Phi) is 29.1. The van der Waals surface area contributed by atoms with Gasteiger partial charge in [0, 0.05) is 24.8 Å². The van der Waals surface area contributed by atoms with E-state index in [0.717, 1.165) is 0 Å². The van der Waals surface area contributed by atoms with Crippen molar-refractivity contribution in [2.24, 2.45) is 0 Å². The monoisotopic (exact) mass is 502 g/mol. The molecule has 2 heterocycles. The summed E-state index contributed by atoms with van der Waals surface area (Å²) in [4.78, 5) is 7.57. The number of nitrogens with zero attached hydrogens (tertiary/aromatic N) is 2. The normalized spacial score (nSPS) is 7.11. The van der Waals surface area contributed by atoms with Crippen LogP contribution in [-0.2, 0) is 0 Å². The summed E-state index contributed by atoms with van der Waals surface area (Å²) in [7, 11) is 0. The molecule has 0 radical (unpaired) electrons. The van der Waals surface area contributed by atoms with Crippen LogP contribution in [0, 0.1) is 12.1 Å². The molecule has 0 N–H and O–H groups in total. The predicted molar refractivity (Wildman–Crippen MR) is 105 cm³/mol. The Bertz CT molecular complexity index is 440. The molecule has 136 valence electrons. The molecule has 5 heteroatoms. The van der Waals surface area contributed by atoms with E-state index in [9.17, 15) is 0 Å². The van der Waals surface area contributed by atoms with Gasteiger partial charge >= 0.3 is 23.9 Å². The quantitative estimate of drug-likeness (QED) is 0.223. The molecular formula is C22H20Cl2N2Sn. The molecule has 0 fully saturated rings. The average Bonchev–Trinajstić information content (AvgIpc) is 2.75.